The second kappa shape index (κ2) is 8.50. The van der Waals surface area contributed by atoms with Crippen LogP contribution < -0.4 is 10.2 Å². The third-order valence-electron chi connectivity index (χ3n) is 5.51. The highest BCUT2D eigenvalue weighted by molar-refractivity contribution is 5.90. The van der Waals surface area contributed by atoms with Crippen molar-refractivity contribution in [3.05, 3.63) is 46.1 Å². The Morgan fingerprint density at radius 2 is 1.62 bits per heavy atom. The lowest BCUT2D eigenvalue weighted by molar-refractivity contribution is -0.271. The Morgan fingerprint density at radius 1 is 0.971 bits per heavy atom. The van der Waals surface area contributed by atoms with Crippen molar-refractivity contribution in [1.29, 1.82) is 0 Å². The van der Waals surface area contributed by atoms with Gasteiger partial charge in [0.15, 0.2) is 23.0 Å². The summed E-state index contributed by atoms with van der Waals surface area (Å²) in [6.07, 6.45) is -9.68. The van der Waals surface area contributed by atoms with Crippen LogP contribution in [0, 0.1) is 6.92 Å². The molecule has 12 heteroatoms. The Kier molecular flexibility index (Phi) is 5.83. The Balaban J connectivity index is 1.80. The van der Waals surface area contributed by atoms with Gasteiger partial charge in [0.25, 0.3) is 0 Å². The highest BCUT2D eigenvalue weighted by atomic mass is 16.7. The van der Waals surface area contributed by atoms with E-state index in [1.54, 1.807) is 0 Å². The zero-order chi connectivity index (χ0) is 24.9. The van der Waals surface area contributed by atoms with Crippen molar-refractivity contribution in [2.45, 2.75) is 37.6 Å². The van der Waals surface area contributed by atoms with Crippen molar-refractivity contribution in [1.82, 2.24) is 0 Å². The minimum Gasteiger partial charge on any atom is -0.508 e. The number of hydrogen-bond acceptors (Lipinski definition) is 11. The molecule has 1 aromatic heterocycles. The number of ether oxygens (including phenoxy) is 2. The standard InChI is InChI=1S/C22H20O12/c1-7-13(24)12-10(32-19(7)8-2-4-9(23)5-3-8)6-11(14(25)15(12)26)33-22-18(29)16(27)17(28)20(34-22)21(30)31/h2-6,16-18,20,22-23,25-29H,1H3,(H,30,31)/t16-,17-,18+,20-,22+/m0/s1. The first-order valence-corrected chi connectivity index (χ1v) is 9.92. The van der Waals surface area contributed by atoms with Gasteiger partial charge in [-0.2, -0.15) is 0 Å². The molecule has 5 atom stereocenters. The van der Waals surface area contributed by atoms with E-state index in [4.69, 9.17) is 19.0 Å². The van der Waals surface area contributed by atoms with E-state index in [9.17, 15) is 40.2 Å². The van der Waals surface area contributed by atoms with E-state index in [0.29, 0.717) is 5.56 Å². The van der Waals surface area contributed by atoms with Gasteiger partial charge in [0.2, 0.25) is 12.0 Å². The number of carboxylic acid groups (broad SMARTS) is 1. The van der Waals surface area contributed by atoms with Crippen molar-refractivity contribution in [3.63, 3.8) is 0 Å². The largest absolute Gasteiger partial charge is 0.508 e. The second-order valence-corrected chi connectivity index (χ2v) is 7.73. The smallest absolute Gasteiger partial charge is 0.335 e. The van der Waals surface area contributed by atoms with Gasteiger partial charge in [0.05, 0.1) is 0 Å². The predicted octanol–water partition coefficient (Wildman–Crippen LogP) is 0.156. The van der Waals surface area contributed by atoms with E-state index in [2.05, 4.69) is 0 Å². The molecule has 3 aromatic rings. The number of carbonyl (C=O) groups is 1. The molecule has 1 aliphatic rings. The number of carboxylic acids is 1. The molecule has 12 nitrogen and oxygen atoms in total. The number of aliphatic hydroxyl groups excluding tert-OH is 3. The molecule has 0 bridgehead atoms. The van der Waals surface area contributed by atoms with Crippen LogP contribution >= 0.6 is 0 Å². The van der Waals surface area contributed by atoms with Crippen molar-refractivity contribution >= 4 is 16.9 Å². The maximum atomic E-state index is 12.9. The lowest BCUT2D eigenvalue weighted by Gasteiger charge is -2.38. The Labute approximate surface area is 190 Å². The van der Waals surface area contributed by atoms with Gasteiger partial charge in [0.1, 0.15) is 40.8 Å². The molecule has 4 rings (SSSR count). The van der Waals surface area contributed by atoms with E-state index in [1.165, 1.54) is 31.2 Å². The molecule has 7 N–H and O–H groups in total. The fourth-order valence-corrected chi connectivity index (χ4v) is 3.64. The third kappa shape index (κ3) is 3.78. The second-order valence-electron chi connectivity index (χ2n) is 7.73. The number of hydrogen-bond donors (Lipinski definition) is 7. The fraction of sp³-hybridized carbons (Fsp3) is 0.273. The van der Waals surface area contributed by atoms with Crippen molar-refractivity contribution < 1.29 is 54.4 Å². The normalized spacial score (nSPS) is 24.8. The van der Waals surface area contributed by atoms with Crippen LogP contribution in [0.2, 0.25) is 0 Å². The third-order valence-corrected chi connectivity index (χ3v) is 5.51. The molecular formula is C22H20O12. The maximum absolute atomic E-state index is 12.9. The van der Waals surface area contributed by atoms with Crippen LogP contribution in [0.4, 0.5) is 0 Å². The summed E-state index contributed by atoms with van der Waals surface area (Å²) in [7, 11) is 0. The molecule has 180 valence electrons. The molecule has 0 unspecified atom stereocenters. The molecule has 0 radical (unpaired) electrons. The number of rotatable bonds is 4. The summed E-state index contributed by atoms with van der Waals surface area (Å²) in [5, 5.41) is 69.0. The average molecular weight is 476 g/mol. The average Bonchev–Trinajstić information content (AvgIpc) is 2.80. The van der Waals surface area contributed by atoms with Gasteiger partial charge in [0, 0.05) is 17.2 Å². The van der Waals surface area contributed by atoms with Crippen LogP contribution in [0.1, 0.15) is 5.56 Å². The SMILES string of the molecule is Cc1c(-c2ccc(O)cc2)oc2cc(O[C@@H]3O[C@H](C(=O)O)[C@@H](O)[C@H](O)[C@H]3O)c(O)c(O)c2c1=O. The van der Waals surface area contributed by atoms with Crippen LogP contribution in [0.25, 0.3) is 22.3 Å². The minimum absolute atomic E-state index is 0.0131. The van der Waals surface area contributed by atoms with Gasteiger partial charge in [-0.3, -0.25) is 4.79 Å². The molecule has 0 aliphatic carbocycles. The van der Waals surface area contributed by atoms with Crippen LogP contribution in [-0.2, 0) is 9.53 Å². The van der Waals surface area contributed by atoms with Crippen LogP contribution in [0.3, 0.4) is 0 Å². The number of phenols is 3. The summed E-state index contributed by atoms with van der Waals surface area (Å²) in [6.45, 7) is 1.44. The van der Waals surface area contributed by atoms with E-state index < -0.39 is 59.4 Å². The summed E-state index contributed by atoms with van der Waals surface area (Å²) in [6, 6.07) is 6.76. The highest BCUT2D eigenvalue weighted by Crippen LogP contribution is 2.43. The Hall–Kier alpha value is -3.84. The summed E-state index contributed by atoms with van der Waals surface area (Å²) < 4.78 is 16.1. The lowest BCUT2D eigenvalue weighted by Crippen LogP contribution is -2.61. The van der Waals surface area contributed by atoms with E-state index in [-0.39, 0.29) is 28.0 Å². The summed E-state index contributed by atoms with van der Waals surface area (Å²) in [5.74, 6) is -3.95. The zero-order valence-electron chi connectivity index (χ0n) is 17.4. The lowest BCUT2D eigenvalue weighted by atomic mass is 9.99. The Bertz CT molecular complexity index is 1310. The number of fused-ring (bicyclic) bond motifs is 1. The topological polar surface area (TPSA) is 207 Å². The van der Waals surface area contributed by atoms with Crippen LogP contribution in [-0.4, -0.2) is 72.4 Å². The predicted molar refractivity (Wildman–Crippen MR) is 113 cm³/mol. The monoisotopic (exact) mass is 476 g/mol. The van der Waals surface area contributed by atoms with Gasteiger partial charge in [-0.25, -0.2) is 4.79 Å². The molecule has 0 spiro atoms. The minimum atomic E-state index is -1.96. The summed E-state index contributed by atoms with van der Waals surface area (Å²) in [4.78, 5) is 24.2. The van der Waals surface area contributed by atoms with Crippen LogP contribution in [0.15, 0.2) is 39.5 Å². The first-order chi connectivity index (χ1) is 16.0. The van der Waals surface area contributed by atoms with Crippen molar-refractivity contribution in [2.24, 2.45) is 0 Å². The number of aliphatic hydroxyl groups is 3. The van der Waals surface area contributed by atoms with Crippen molar-refractivity contribution in [2.75, 3.05) is 0 Å². The molecule has 2 aromatic carbocycles. The van der Waals surface area contributed by atoms with Gasteiger partial charge in [-0.15, -0.1) is 0 Å². The van der Waals surface area contributed by atoms with Gasteiger partial charge >= 0.3 is 5.97 Å². The summed E-state index contributed by atoms with van der Waals surface area (Å²) in [5.41, 5.74) is -0.363. The summed E-state index contributed by atoms with van der Waals surface area (Å²) >= 11 is 0. The molecule has 1 fully saturated rings. The van der Waals surface area contributed by atoms with Crippen LogP contribution in [0.5, 0.6) is 23.0 Å². The fourth-order valence-electron chi connectivity index (χ4n) is 3.64. The molecule has 0 amide bonds. The number of aliphatic carboxylic acids is 1. The molecule has 0 saturated carbocycles. The van der Waals surface area contributed by atoms with Gasteiger partial charge in [-0.05, 0) is 31.2 Å². The van der Waals surface area contributed by atoms with Crippen molar-refractivity contribution in [3.8, 4) is 34.3 Å². The Morgan fingerprint density at radius 3 is 2.24 bits per heavy atom. The first kappa shape index (κ1) is 23.3. The molecular weight excluding hydrogens is 456 g/mol. The van der Waals surface area contributed by atoms with E-state index in [1.807, 2.05) is 0 Å². The van der Waals surface area contributed by atoms with E-state index >= 15 is 0 Å². The molecule has 1 saturated heterocycles. The maximum Gasteiger partial charge on any atom is 0.335 e. The number of benzene rings is 2. The quantitative estimate of drug-likeness (QED) is 0.251. The number of phenolic OH excluding ortho intramolecular Hbond substituents is 3. The molecule has 2 heterocycles. The first-order valence-electron chi connectivity index (χ1n) is 9.92. The van der Waals surface area contributed by atoms with E-state index in [0.717, 1.165) is 6.07 Å². The number of aromatic hydroxyl groups is 3. The van der Waals surface area contributed by atoms with Gasteiger partial charge < -0.3 is 49.6 Å². The molecule has 34 heavy (non-hydrogen) atoms. The van der Waals surface area contributed by atoms with Gasteiger partial charge in [-0.1, -0.05) is 0 Å². The highest BCUT2D eigenvalue weighted by Gasteiger charge is 2.48. The molecule has 1 aliphatic heterocycles. The zero-order valence-corrected chi connectivity index (χ0v) is 17.4.